The van der Waals surface area contributed by atoms with E-state index in [1.54, 1.807) is 6.92 Å². The Morgan fingerprint density at radius 2 is 1.82 bits per heavy atom. The number of rotatable bonds is 1. The van der Waals surface area contributed by atoms with E-state index in [1.807, 2.05) is 0 Å². The summed E-state index contributed by atoms with van der Waals surface area (Å²) in [4.78, 5) is 0. The van der Waals surface area contributed by atoms with Crippen molar-refractivity contribution < 1.29 is 17.9 Å². The molecule has 6 heteroatoms. The van der Waals surface area contributed by atoms with E-state index >= 15 is 0 Å². The summed E-state index contributed by atoms with van der Waals surface area (Å²) < 4.78 is 44.8. The fourth-order valence-electron chi connectivity index (χ4n) is 2.16. The third-order valence-electron chi connectivity index (χ3n) is 3.25. The van der Waals surface area contributed by atoms with Crippen molar-refractivity contribution in [1.82, 2.24) is 9.78 Å². The van der Waals surface area contributed by atoms with Gasteiger partial charge < -0.3 is 4.74 Å². The summed E-state index contributed by atoms with van der Waals surface area (Å²) in [6.45, 7) is 4.34. The van der Waals surface area contributed by atoms with Crippen molar-refractivity contribution in [3.05, 3.63) is 17.0 Å². The van der Waals surface area contributed by atoms with Gasteiger partial charge in [0.05, 0.1) is 6.04 Å². The minimum absolute atomic E-state index is 0.0264. The summed E-state index contributed by atoms with van der Waals surface area (Å²) in [6.07, 6.45) is -2.93. The van der Waals surface area contributed by atoms with Crippen LogP contribution in [0.5, 0.6) is 0 Å². The van der Waals surface area contributed by atoms with Crippen molar-refractivity contribution in [3.8, 4) is 0 Å². The van der Waals surface area contributed by atoms with Crippen LogP contribution in [0.3, 0.4) is 0 Å². The Morgan fingerprint density at radius 3 is 2.29 bits per heavy atom. The van der Waals surface area contributed by atoms with Crippen LogP contribution in [0.1, 0.15) is 35.8 Å². The van der Waals surface area contributed by atoms with E-state index in [9.17, 15) is 13.2 Å². The molecule has 0 spiro atoms. The average molecular weight is 248 g/mol. The summed E-state index contributed by atoms with van der Waals surface area (Å²) in [5, 5.41) is 3.74. The Labute approximate surface area is 97.6 Å². The zero-order valence-electron chi connectivity index (χ0n) is 9.84. The van der Waals surface area contributed by atoms with Crippen LogP contribution in [-0.2, 0) is 10.9 Å². The highest BCUT2D eigenvalue weighted by molar-refractivity contribution is 5.26. The standard InChI is InChI=1S/C11H15F3N2O/c1-7-8(2)16(9-3-5-17-6-4-9)15-10(7)11(12,13)14/h9H,3-6H2,1-2H3. The van der Waals surface area contributed by atoms with E-state index in [0.717, 1.165) is 12.8 Å². The molecule has 3 nitrogen and oxygen atoms in total. The average Bonchev–Trinajstić information content (AvgIpc) is 2.57. The second kappa shape index (κ2) is 4.33. The molecular weight excluding hydrogens is 233 g/mol. The molecule has 2 rings (SSSR count). The van der Waals surface area contributed by atoms with Gasteiger partial charge in [0.15, 0.2) is 5.69 Å². The first kappa shape index (κ1) is 12.4. The first-order valence-corrected chi connectivity index (χ1v) is 5.62. The Bertz CT molecular complexity index is 406. The second-order valence-corrected chi connectivity index (χ2v) is 4.34. The number of ether oxygens (including phenoxy) is 1. The number of nitrogens with zero attached hydrogens (tertiary/aromatic N) is 2. The van der Waals surface area contributed by atoms with Crippen LogP contribution in [0, 0.1) is 13.8 Å². The number of hydrogen-bond acceptors (Lipinski definition) is 2. The summed E-state index contributed by atoms with van der Waals surface area (Å²) in [7, 11) is 0. The van der Waals surface area contributed by atoms with Crippen LogP contribution < -0.4 is 0 Å². The van der Waals surface area contributed by atoms with Crippen molar-refractivity contribution in [3.63, 3.8) is 0 Å². The Kier molecular flexibility index (Phi) is 3.16. The summed E-state index contributed by atoms with van der Waals surface area (Å²) in [6, 6.07) is 0.0264. The number of halogens is 3. The Morgan fingerprint density at radius 1 is 1.24 bits per heavy atom. The molecule has 1 aliphatic rings. The lowest BCUT2D eigenvalue weighted by atomic mass is 10.1. The first-order valence-electron chi connectivity index (χ1n) is 5.62. The molecule has 96 valence electrons. The first-order chi connectivity index (χ1) is 7.91. The van der Waals surface area contributed by atoms with Gasteiger partial charge in [-0.25, -0.2) is 0 Å². The monoisotopic (exact) mass is 248 g/mol. The van der Waals surface area contributed by atoms with Crippen LogP contribution in [0.15, 0.2) is 0 Å². The molecule has 0 amide bonds. The van der Waals surface area contributed by atoms with Gasteiger partial charge in [-0.1, -0.05) is 0 Å². The molecule has 1 aromatic heterocycles. The van der Waals surface area contributed by atoms with Crippen molar-refractivity contribution in [1.29, 1.82) is 0 Å². The quantitative estimate of drug-likeness (QED) is 0.764. The summed E-state index contributed by atoms with van der Waals surface area (Å²) in [5.74, 6) is 0. The van der Waals surface area contributed by atoms with E-state index in [0.29, 0.717) is 18.9 Å². The van der Waals surface area contributed by atoms with Gasteiger partial charge in [0.2, 0.25) is 0 Å². The third-order valence-corrected chi connectivity index (χ3v) is 3.25. The molecule has 0 atom stereocenters. The highest BCUT2D eigenvalue weighted by Crippen LogP contribution is 2.34. The summed E-state index contributed by atoms with van der Waals surface area (Å²) >= 11 is 0. The van der Waals surface area contributed by atoms with E-state index < -0.39 is 11.9 Å². The number of aromatic nitrogens is 2. The highest BCUT2D eigenvalue weighted by atomic mass is 19.4. The SMILES string of the molecule is Cc1c(C(F)(F)F)nn(C2CCOCC2)c1C. The lowest BCUT2D eigenvalue weighted by Crippen LogP contribution is -2.21. The Hall–Kier alpha value is -1.04. The molecular formula is C11H15F3N2O. The molecule has 1 saturated heterocycles. The molecule has 0 N–H and O–H groups in total. The second-order valence-electron chi connectivity index (χ2n) is 4.34. The van der Waals surface area contributed by atoms with Gasteiger partial charge in [-0.05, 0) is 26.7 Å². The molecule has 0 aliphatic carbocycles. The van der Waals surface area contributed by atoms with Gasteiger partial charge in [0, 0.05) is 24.5 Å². The normalized spacial score (nSPS) is 18.6. The Balaban J connectivity index is 2.35. The van der Waals surface area contributed by atoms with Crippen molar-refractivity contribution in [2.75, 3.05) is 13.2 Å². The maximum Gasteiger partial charge on any atom is 0.435 e. The van der Waals surface area contributed by atoms with Crippen LogP contribution in [-0.4, -0.2) is 23.0 Å². The van der Waals surface area contributed by atoms with Gasteiger partial charge in [0.1, 0.15) is 0 Å². The predicted octanol–water partition coefficient (Wildman–Crippen LogP) is 2.87. The number of hydrogen-bond donors (Lipinski definition) is 0. The molecule has 0 bridgehead atoms. The number of alkyl halides is 3. The van der Waals surface area contributed by atoms with Gasteiger partial charge in [0.25, 0.3) is 0 Å². The summed E-state index contributed by atoms with van der Waals surface area (Å²) in [5.41, 5.74) is 0.0645. The lowest BCUT2D eigenvalue weighted by Gasteiger charge is -2.23. The van der Waals surface area contributed by atoms with E-state index in [1.165, 1.54) is 11.6 Å². The molecule has 1 aliphatic heterocycles. The lowest BCUT2D eigenvalue weighted by molar-refractivity contribution is -0.142. The van der Waals surface area contributed by atoms with Crippen LogP contribution >= 0.6 is 0 Å². The molecule has 0 unspecified atom stereocenters. The molecule has 2 heterocycles. The van der Waals surface area contributed by atoms with E-state index in [-0.39, 0.29) is 11.6 Å². The van der Waals surface area contributed by atoms with Crippen LogP contribution in [0.2, 0.25) is 0 Å². The highest BCUT2D eigenvalue weighted by Gasteiger charge is 2.37. The maximum absolute atomic E-state index is 12.7. The van der Waals surface area contributed by atoms with Crippen LogP contribution in [0.4, 0.5) is 13.2 Å². The molecule has 0 aromatic carbocycles. The third kappa shape index (κ3) is 2.31. The van der Waals surface area contributed by atoms with Gasteiger partial charge in [-0.2, -0.15) is 18.3 Å². The van der Waals surface area contributed by atoms with E-state index in [2.05, 4.69) is 5.10 Å². The minimum Gasteiger partial charge on any atom is -0.381 e. The predicted molar refractivity (Wildman–Crippen MR) is 55.8 cm³/mol. The fourth-order valence-corrected chi connectivity index (χ4v) is 2.16. The largest absolute Gasteiger partial charge is 0.435 e. The van der Waals surface area contributed by atoms with Crippen molar-refractivity contribution in [2.45, 2.75) is 38.9 Å². The van der Waals surface area contributed by atoms with Crippen LogP contribution in [0.25, 0.3) is 0 Å². The van der Waals surface area contributed by atoms with Crippen molar-refractivity contribution >= 4 is 0 Å². The van der Waals surface area contributed by atoms with Gasteiger partial charge in [-0.15, -0.1) is 0 Å². The van der Waals surface area contributed by atoms with Gasteiger partial charge in [-0.3, -0.25) is 4.68 Å². The topological polar surface area (TPSA) is 27.1 Å². The molecule has 1 fully saturated rings. The molecule has 17 heavy (non-hydrogen) atoms. The maximum atomic E-state index is 12.7. The zero-order valence-corrected chi connectivity index (χ0v) is 9.84. The fraction of sp³-hybridized carbons (Fsp3) is 0.727. The molecule has 1 aromatic rings. The zero-order chi connectivity index (χ0) is 12.6. The molecule has 0 radical (unpaired) electrons. The smallest absolute Gasteiger partial charge is 0.381 e. The van der Waals surface area contributed by atoms with E-state index in [4.69, 9.17) is 4.74 Å². The van der Waals surface area contributed by atoms with Gasteiger partial charge >= 0.3 is 6.18 Å². The molecule has 0 saturated carbocycles. The minimum atomic E-state index is -4.37. The van der Waals surface area contributed by atoms with Crippen molar-refractivity contribution in [2.24, 2.45) is 0 Å².